The molecule has 4 aromatic rings. The van der Waals surface area contributed by atoms with E-state index in [0.29, 0.717) is 37.1 Å². The third-order valence-corrected chi connectivity index (χ3v) is 9.68. The van der Waals surface area contributed by atoms with Gasteiger partial charge in [-0.2, -0.15) is 5.10 Å². The number of hydrogen-bond donors (Lipinski definition) is 2. The summed E-state index contributed by atoms with van der Waals surface area (Å²) in [6, 6.07) is 19.0. The van der Waals surface area contributed by atoms with Crippen LogP contribution in [0.2, 0.25) is 0 Å². The highest BCUT2D eigenvalue weighted by Gasteiger charge is 2.26. The lowest BCUT2D eigenvalue weighted by Gasteiger charge is -2.32. The van der Waals surface area contributed by atoms with Crippen LogP contribution in [0.15, 0.2) is 66.9 Å². The summed E-state index contributed by atoms with van der Waals surface area (Å²) in [5.41, 5.74) is 4.68. The van der Waals surface area contributed by atoms with Crippen LogP contribution in [-0.2, 0) is 13.5 Å². The van der Waals surface area contributed by atoms with Gasteiger partial charge in [-0.15, -0.1) is 0 Å². The lowest BCUT2D eigenvalue weighted by Crippen LogP contribution is -2.44. The number of nitrogens with one attached hydrogen (secondary N) is 2. The van der Waals surface area contributed by atoms with E-state index >= 15 is 0 Å². The van der Waals surface area contributed by atoms with Crippen LogP contribution in [0.25, 0.3) is 11.1 Å². The van der Waals surface area contributed by atoms with Gasteiger partial charge < -0.3 is 25.2 Å². The minimum Gasteiger partial charge on any atom is -0.438 e. The Labute approximate surface area is 287 Å². The minimum absolute atomic E-state index is 0.00616. The van der Waals surface area contributed by atoms with E-state index in [-0.39, 0.29) is 29.4 Å². The maximum Gasteiger partial charge on any atom is 0.272 e. The predicted octanol–water partition coefficient (Wildman–Crippen LogP) is 5.37. The van der Waals surface area contributed by atoms with E-state index in [4.69, 9.17) is 4.74 Å². The van der Waals surface area contributed by atoms with Crippen LogP contribution in [0.3, 0.4) is 0 Å². The van der Waals surface area contributed by atoms with Gasteiger partial charge in [0.15, 0.2) is 0 Å². The first-order valence-corrected chi connectivity index (χ1v) is 17.3. The Bertz CT molecular complexity index is 1720. The number of pyridine rings is 1. The lowest BCUT2D eigenvalue weighted by molar-refractivity contribution is 0.0887. The van der Waals surface area contributed by atoms with Gasteiger partial charge in [-0.05, 0) is 100.0 Å². The van der Waals surface area contributed by atoms with Crippen molar-refractivity contribution < 1.29 is 18.7 Å². The SMILES string of the molecule is Cc1cc(C(=O)N[C@H]2CC[C@H](NC(=O)c3cc(F)cnc3Oc3cccc(-c4ccc(CCCN5CCN(C)CC5)cc4)c3)CC2)nn1C. The number of piperazine rings is 1. The molecule has 6 rings (SSSR count). The Morgan fingerprint density at radius 3 is 2.24 bits per heavy atom. The van der Waals surface area contributed by atoms with Crippen molar-refractivity contribution >= 4 is 11.8 Å². The molecule has 1 saturated carbocycles. The second-order valence-electron chi connectivity index (χ2n) is 13.4. The zero-order chi connectivity index (χ0) is 34.3. The number of aromatic nitrogens is 3. The summed E-state index contributed by atoms with van der Waals surface area (Å²) in [4.78, 5) is 35.1. The van der Waals surface area contributed by atoms with Gasteiger partial charge in [0.1, 0.15) is 22.8 Å². The molecule has 0 radical (unpaired) electrons. The molecule has 1 aliphatic carbocycles. The van der Waals surface area contributed by atoms with Gasteiger partial charge in [0, 0.05) is 51.0 Å². The fourth-order valence-corrected chi connectivity index (χ4v) is 6.54. The highest BCUT2D eigenvalue weighted by atomic mass is 19.1. The largest absolute Gasteiger partial charge is 0.438 e. The highest BCUT2D eigenvalue weighted by molar-refractivity contribution is 5.96. The Kier molecular flexibility index (Phi) is 11.0. The standard InChI is InChI=1S/C38H46FN7O3/c1-26-22-35(43-45(26)3)37(48)42-32-15-13-31(14-16-32)41-36(47)34-24-30(39)25-40-38(34)49-33-8-4-7-29(23-33)28-11-9-27(10-12-28)6-5-17-46-20-18-44(2)19-21-46/h4,7-12,22-25,31-32H,5-6,13-21H2,1-3H3,(H,41,47)(H,42,48)/t31-,32-. The summed E-state index contributed by atoms with van der Waals surface area (Å²) in [6.45, 7) is 7.59. The molecule has 0 unspecified atom stereocenters. The number of amides is 2. The number of ether oxygens (including phenoxy) is 1. The van der Waals surface area contributed by atoms with Gasteiger partial charge in [0.05, 0.1) is 6.20 Å². The molecule has 3 heterocycles. The van der Waals surface area contributed by atoms with E-state index in [1.165, 1.54) is 5.56 Å². The summed E-state index contributed by atoms with van der Waals surface area (Å²) >= 11 is 0. The van der Waals surface area contributed by atoms with Crippen LogP contribution >= 0.6 is 0 Å². The molecule has 2 aromatic heterocycles. The van der Waals surface area contributed by atoms with Gasteiger partial charge >= 0.3 is 0 Å². The molecule has 1 aliphatic heterocycles. The smallest absolute Gasteiger partial charge is 0.272 e. The van der Waals surface area contributed by atoms with Gasteiger partial charge in [0.2, 0.25) is 5.88 Å². The van der Waals surface area contributed by atoms with Crippen LogP contribution in [0, 0.1) is 12.7 Å². The molecule has 2 N–H and O–H groups in total. The van der Waals surface area contributed by atoms with E-state index in [9.17, 15) is 14.0 Å². The number of aryl methyl sites for hydroxylation is 3. The molecule has 49 heavy (non-hydrogen) atoms. The number of halogens is 1. The number of likely N-dealkylation sites (N-methyl/N-ethyl adjacent to an activating group) is 1. The molecule has 10 nitrogen and oxygen atoms in total. The van der Waals surface area contributed by atoms with Gasteiger partial charge in [-0.3, -0.25) is 14.3 Å². The van der Waals surface area contributed by atoms with E-state index in [0.717, 1.165) is 74.6 Å². The van der Waals surface area contributed by atoms with Gasteiger partial charge in [-0.1, -0.05) is 36.4 Å². The molecule has 2 fully saturated rings. The van der Waals surface area contributed by atoms with Crippen LogP contribution in [0.4, 0.5) is 4.39 Å². The van der Waals surface area contributed by atoms with Crippen molar-refractivity contribution in [3.8, 4) is 22.8 Å². The molecule has 0 atom stereocenters. The average molecular weight is 668 g/mol. The number of benzene rings is 2. The third-order valence-electron chi connectivity index (χ3n) is 9.68. The number of carbonyl (C=O) groups excluding carboxylic acids is 2. The van der Waals surface area contributed by atoms with Gasteiger partial charge in [0.25, 0.3) is 11.8 Å². The molecule has 2 aliphatic rings. The molecule has 2 aromatic carbocycles. The van der Waals surface area contributed by atoms with Crippen molar-refractivity contribution in [2.24, 2.45) is 7.05 Å². The molecule has 0 bridgehead atoms. The van der Waals surface area contributed by atoms with E-state index in [1.807, 2.05) is 25.1 Å². The molecule has 11 heteroatoms. The number of nitrogens with zero attached hydrogens (tertiary/aromatic N) is 5. The maximum atomic E-state index is 14.3. The second kappa shape index (κ2) is 15.7. The van der Waals surface area contributed by atoms with Crippen molar-refractivity contribution in [3.05, 3.63) is 95.2 Å². The van der Waals surface area contributed by atoms with Crippen LogP contribution in [0.1, 0.15) is 64.2 Å². The summed E-state index contributed by atoms with van der Waals surface area (Å²) in [6.07, 6.45) is 5.99. The van der Waals surface area contributed by atoms with Gasteiger partial charge in [-0.25, -0.2) is 9.37 Å². The zero-order valence-corrected chi connectivity index (χ0v) is 28.6. The van der Waals surface area contributed by atoms with Crippen molar-refractivity contribution in [1.82, 2.24) is 35.2 Å². The van der Waals surface area contributed by atoms with Crippen molar-refractivity contribution in [2.45, 2.75) is 57.5 Å². The summed E-state index contributed by atoms with van der Waals surface area (Å²) < 4.78 is 22.1. The Morgan fingerprint density at radius 1 is 0.878 bits per heavy atom. The predicted molar refractivity (Wildman–Crippen MR) is 187 cm³/mol. The first-order valence-electron chi connectivity index (χ1n) is 17.3. The highest BCUT2D eigenvalue weighted by Crippen LogP contribution is 2.29. The third kappa shape index (κ3) is 9.10. The topological polar surface area (TPSA) is 105 Å². The summed E-state index contributed by atoms with van der Waals surface area (Å²) in [7, 11) is 3.99. The quantitative estimate of drug-likeness (QED) is 0.222. The van der Waals surface area contributed by atoms with Crippen molar-refractivity contribution in [2.75, 3.05) is 39.8 Å². The maximum absolute atomic E-state index is 14.3. The van der Waals surface area contributed by atoms with E-state index in [1.54, 1.807) is 23.9 Å². The van der Waals surface area contributed by atoms with Crippen LogP contribution in [0.5, 0.6) is 11.6 Å². The second-order valence-corrected chi connectivity index (χ2v) is 13.4. The molecule has 0 spiro atoms. The fraction of sp³-hybridized carbons (Fsp3) is 0.421. The Morgan fingerprint density at radius 2 is 1.57 bits per heavy atom. The van der Waals surface area contributed by atoms with Crippen LogP contribution in [-0.4, -0.2) is 88.2 Å². The monoisotopic (exact) mass is 667 g/mol. The number of carbonyl (C=O) groups is 2. The number of hydrogen-bond acceptors (Lipinski definition) is 7. The van der Waals surface area contributed by atoms with Crippen molar-refractivity contribution in [3.63, 3.8) is 0 Å². The van der Waals surface area contributed by atoms with E-state index < -0.39 is 11.7 Å². The lowest BCUT2D eigenvalue weighted by atomic mass is 9.91. The minimum atomic E-state index is -0.619. The number of rotatable bonds is 11. The van der Waals surface area contributed by atoms with E-state index in [2.05, 4.69) is 61.8 Å². The first kappa shape index (κ1) is 34.3. The average Bonchev–Trinajstić information content (AvgIpc) is 3.45. The fourth-order valence-electron chi connectivity index (χ4n) is 6.54. The zero-order valence-electron chi connectivity index (χ0n) is 28.6. The molecule has 1 saturated heterocycles. The molecular formula is C38H46FN7O3. The molecular weight excluding hydrogens is 621 g/mol. The molecule has 2 amide bonds. The first-order chi connectivity index (χ1) is 23.7. The Hall–Kier alpha value is -4.61. The van der Waals surface area contributed by atoms with Crippen LogP contribution < -0.4 is 15.4 Å². The summed E-state index contributed by atoms with van der Waals surface area (Å²) in [5, 5.41) is 10.3. The van der Waals surface area contributed by atoms with Crippen molar-refractivity contribution in [1.29, 1.82) is 0 Å². The Balaban J connectivity index is 1.02. The normalized spacial score (nSPS) is 18.6. The molecule has 258 valence electrons. The summed E-state index contributed by atoms with van der Waals surface area (Å²) in [5.74, 6) is -0.722.